The molecule has 2 aromatic heterocycles. The largest absolute Gasteiger partial charge is 0.497 e. The number of aromatic nitrogens is 3. The summed E-state index contributed by atoms with van der Waals surface area (Å²) in [7, 11) is 1.62. The molecule has 0 amide bonds. The number of hydrogen-bond acceptors (Lipinski definition) is 7. The molecule has 0 aliphatic rings. The van der Waals surface area contributed by atoms with Crippen molar-refractivity contribution < 1.29 is 13.6 Å². The minimum absolute atomic E-state index is 0.461. The number of fused-ring (bicyclic) bond motifs is 1. The normalized spacial score (nSPS) is 11.1. The molecule has 4 rings (SSSR count). The Morgan fingerprint density at radius 2 is 1.92 bits per heavy atom. The predicted molar refractivity (Wildman–Crippen MR) is 94.9 cm³/mol. The maximum Gasteiger partial charge on any atom is 0.257 e. The van der Waals surface area contributed by atoms with Crippen LogP contribution in [0.3, 0.4) is 0 Å². The fourth-order valence-electron chi connectivity index (χ4n) is 2.23. The zero-order valence-corrected chi connectivity index (χ0v) is 14.7. The molecule has 0 radical (unpaired) electrons. The van der Waals surface area contributed by atoms with Gasteiger partial charge in [0.25, 0.3) is 5.22 Å². The van der Waals surface area contributed by atoms with Crippen molar-refractivity contribution in [3.63, 3.8) is 0 Å². The molecule has 0 spiro atoms. The minimum atomic E-state index is 0.461. The van der Waals surface area contributed by atoms with Gasteiger partial charge in [-0.1, -0.05) is 23.4 Å². The summed E-state index contributed by atoms with van der Waals surface area (Å²) in [5.74, 6) is 2.19. The van der Waals surface area contributed by atoms with Crippen molar-refractivity contribution in [2.75, 3.05) is 7.11 Å². The van der Waals surface area contributed by atoms with E-state index >= 15 is 0 Å². The number of halogens is 1. The Kier molecular flexibility index (Phi) is 4.33. The third-order valence-corrected chi connectivity index (χ3v) is 4.50. The number of rotatable bonds is 5. The van der Waals surface area contributed by atoms with Gasteiger partial charge in [0.15, 0.2) is 5.58 Å². The highest BCUT2D eigenvalue weighted by Gasteiger charge is 2.12. The van der Waals surface area contributed by atoms with E-state index in [0.717, 1.165) is 16.8 Å². The average Bonchev–Trinajstić information content (AvgIpc) is 3.26. The molecule has 0 saturated carbocycles. The van der Waals surface area contributed by atoms with Gasteiger partial charge in [-0.3, -0.25) is 0 Å². The molecule has 0 saturated heterocycles. The molecule has 0 aliphatic heterocycles. The van der Waals surface area contributed by atoms with Crippen molar-refractivity contribution in [3.8, 4) is 17.2 Å². The molecule has 2 heterocycles. The summed E-state index contributed by atoms with van der Waals surface area (Å²) in [6.45, 7) is 0. The van der Waals surface area contributed by atoms with Gasteiger partial charge in [0, 0.05) is 10.6 Å². The fraction of sp³-hybridized carbons (Fsp3) is 0.118. The maximum absolute atomic E-state index is 5.95. The van der Waals surface area contributed by atoms with Crippen LogP contribution in [-0.4, -0.2) is 22.3 Å². The topological polar surface area (TPSA) is 74.2 Å². The summed E-state index contributed by atoms with van der Waals surface area (Å²) in [4.78, 5) is 4.38. The third kappa shape index (κ3) is 3.47. The van der Waals surface area contributed by atoms with E-state index in [9.17, 15) is 0 Å². The van der Waals surface area contributed by atoms with Gasteiger partial charge >= 0.3 is 0 Å². The number of thioether (sulfide) groups is 1. The highest BCUT2D eigenvalue weighted by molar-refractivity contribution is 7.98. The quantitative estimate of drug-likeness (QED) is 0.463. The number of oxazole rings is 1. The number of ether oxygens (including phenoxy) is 1. The molecule has 25 heavy (non-hydrogen) atoms. The van der Waals surface area contributed by atoms with E-state index in [1.165, 1.54) is 11.8 Å². The van der Waals surface area contributed by atoms with Gasteiger partial charge in [0.2, 0.25) is 11.8 Å². The van der Waals surface area contributed by atoms with Crippen molar-refractivity contribution in [2.24, 2.45) is 0 Å². The zero-order valence-electron chi connectivity index (χ0n) is 13.1. The van der Waals surface area contributed by atoms with Crippen LogP contribution in [0.5, 0.6) is 5.75 Å². The van der Waals surface area contributed by atoms with E-state index in [1.807, 2.05) is 24.3 Å². The lowest BCUT2D eigenvalue weighted by Gasteiger charge is -1.99. The first kappa shape index (κ1) is 16.0. The first-order valence-corrected chi connectivity index (χ1v) is 8.73. The highest BCUT2D eigenvalue weighted by Crippen LogP contribution is 2.28. The van der Waals surface area contributed by atoms with Crippen LogP contribution in [0.15, 0.2) is 56.5 Å². The van der Waals surface area contributed by atoms with Gasteiger partial charge in [-0.05, 0) is 42.5 Å². The molecule has 4 aromatic rings. The summed E-state index contributed by atoms with van der Waals surface area (Å²) in [5, 5.41) is 9.28. The number of hydrogen-bond donors (Lipinski definition) is 0. The standard InChI is InChI=1S/C17H12ClN3O3S/c1-22-12-5-2-10(3-6-12)16-21-20-15(24-16)9-25-17-19-13-8-11(18)4-7-14(13)23-17/h2-8H,9H2,1H3. The van der Waals surface area contributed by atoms with Crippen LogP contribution in [0.4, 0.5) is 0 Å². The van der Waals surface area contributed by atoms with Crippen molar-refractivity contribution in [3.05, 3.63) is 53.4 Å². The Morgan fingerprint density at radius 3 is 2.72 bits per heavy atom. The van der Waals surface area contributed by atoms with Crippen LogP contribution < -0.4 is 4.74 Å². The smallest absolute Gasteiger partial charge is 0.257 e. The minimum Gasteiger partial charge on any atom is -0.497 e. The second kappa shape index (κ2) is 6.78. The number of nitrogens with zero attached hydrogens (tertiary/aromatic N) is 3. The lowest BCUT2D eigenvalue weighted by atomic mass is 10.2. The molecule has 0 bridgehead atoms. The van der Waals surface area contributed by atoms with E-state index < -0.39 is 0 Å². The fourth-order valence-corrected chi connectivity index (χ4v) is 3.07. The summed E-state index contributed by atoms with van der Waals surface area (Å²) in [6, 6.07) is 12.8. The van der Waals surface area contributed by atoms with Crippen LogP contribution in [0.2, 0.25) is 5.02 Å². The van der Waals surface area contributed by atoms with Gasteiger partial charge in [-0.15, -0.1) is 10.2 Å². The van der Waals surface area contributed by atoms with Crippen molar-refractivity contribution in [2.45, 2.75) is 11.0 Å². The van der Waals surface area contributed by atoms with Crippen molar-refractivity contribution >= 4 is 34.5 Å². The lowest BCUT2D eigenvalue weighted by Crippen LogP contribution is -1.82. The van der Waals surface area contributed by atoms with E-state index in [-0.39, 0.29) is 0 Å². The van der Waals surface area contributed by atoms with E-state index in [4.69, 9.17) is 25.2 Å². The monoisotopic (exact) mass is 373 g/mol. The third-order valence-electron chi connectivity index (χ3n) is 3.45. The Hall–Kier alpha value is -2.51. The van der Waals surface area contributed by atoms with E-state index in [1.54, 1.807) is 25.3 Å². The molecule has 0 unspecified atom stereocenters. The predicted octanol–water partition coefficient (Wildman–Crippen LogP) is 4.83. The molecule has 0 atom stereocenters. The lowest BCUT2D eigenvalue weighted by molar-refractivity contribution is 0.415. The SMILES string of the molecule is COc1ccc(-c2nnc(CSc3nc4cc(Cl)ccc4o3)o2)cc1. The van der Waals surface area contributed by atoms with Gasteiger partial charge in [-0.25, -0.2) is 4.98 Å². The van der Waals surface area contributed by atoms with Crippen LogP contribution in [0, 0.1) is 0 Å². The molecule has 0 N–H and O–H groups in total. The summed E-state index contributed by atoms with van der Waals surface area (Å²) in [5.41, 5.74) is 2.25. The molecular formula is C17H12ClN3O3S. The van der Waals surface area contributed by atoms with Crippen molar-refractivity contribution in [1.82, 2.24) is 15.2 Å². The first-order valence-electron chi connectivity index (χ1n) is 7.37. The van der Waals surface area contributed by atoms with Crippen LogP contribution >= 0.6 is 23.4 Å². The van der Waals surface area contributed by atoms with E-state index in [0.29, 0.717) is 33.4 Å². The van der Waals surface area contributed by atoms with Crippen LogP contribution in [-0.2, 0) is 5.75 Å². The molecule has 8 heteroatoms. The Morgan fingerprint density at radius 1 is 1.08 bits per heavy atom. The Bertz CT molecular complexity index is 1010. The van der Waals surface area contributed by atoms with E-state index in [2.05, 4.69) is 15.2 Å². The molecular weight excluding hydrogens is 362 g/mol. The van der Waals surface area contributed by atoms with Gasteiger partial charge in [-0.2, -0.15) is 0 Å². The summed E-state index contributed by atoms with van der Waals surface area (Å²) >= 11 is 7.33. The Labute approximate surface area is 152 Å². The molecule has 6 nitrogen and oxygen atoms in total. The summed E-state index contributed by atoms with van der Waals surface area (Å²) in [6.07, 6.45) is 0. The van der Waals surface area contributed by atoms with Gasteiger partial charge in [0.1, 0.15) is 11.3 Å². The second-order valence-corrected chi connectivity index (χ2v) is 6.47. The second-order valence-electron chi connectivity index (χ2n) is 5.11. The molecule has 126 valence electrons. The Balaban J connectivity index is 1.46. The molecule has 2 aromatic carbocycles. The molecule has 0 aliphatic carbocycles. The van der Waals surface area contributed by atoms with Crippen molar-refractivity contribution in [1.29, 1.82) is 0 Å². The average molecular weight is 374 g/mol. The zero-order chi connectivity index (χ0) is 17.2. The first-order chi connectivity index (χ1) is 12.2. The van der Waals surface area contributed by atoms with Gasteiger partial charge in [0.05, 0.1) is 12.9 Å². The van der Waals surface area contributed by atoms with Crippen LogP contribution in [0.25, 0.3) is 22.6 Å². The maximum atomic E-state index is 5.95. The molecule has 0 fully saturated rings. The number of methoxy groups -OCH3 is 1. The van der Waals surface area contributed by atoms with Crippen LogP contribution in [0.1, 0.15) is 5.89 Å². The highest BCUT2D eigenvalue weighted by atomic mass is 35.5. The van der Waals surface area contributed by atoms with Gasteiger partial charge < -0.3 is 13.6 Å². The number of benzene rings is 2. The summed E-state index contributed by atoms with van der Waals surface area (Å²) < 4.78 is 16.5.